The quantitative estimate of drug-likeness (QED) is 0.462. The second-order valence-electron chi connectivity index (χ2n) is 4.97. The first-order valence-corrected chi connectivity index (χ1v) is 7.27. The minimum Gasteiger partial charge on any atom is -0.487 e. The van der Waals surface area contributed by atoms with Crippen molar-refractivity contribution < 1.29 is 24.0 Å². The van der Waals surface area contributed by atoms with Gasteiger partial charge in [-0.15, -0.1) is 0 Å². The zero-order valence-corrected chi connectivity index (χ0v) is 13.2. The van der Waals surface area contributed by atoms with Crippen molar-refractivity contribution in [1.82, 2.24) is 10.6 Å². The first-order valence-electron chi connectivity index (χ1n) is 7.27. The van der Waals surface area contributed by atoms with Gasteiger partial charge in [-0.2, -0.15) is 0 Å². The Bertz CT molecular complexity index is 683. The summed E-state index contributed by atoms with van der Waals surface area (Å²) in [6.07, 6.45) is 0. The fraction of sp³-hybridized carbons (Fsp3) is 0.333. The van der Waals surface area contributed by atoms with E-state index in [1.807, 2.05) is 0 Å². The second kappa shape index (κ2) is 7.44. The predicted octanol–water partition coefficient (Wildman–Crippen LogP) is 1.49. The van der Waals surface area contributed by atoms with Crippen molar-refractivity contribution in [2.75, 3.05) is 13.2 Å². The molecule has 0 saturated heterocycles. The molecule has 2 N–H and O–H groups in total. The van der Waals surface area contributed by atoms with Gasteiger partial charge in [0, 0.05) is 12.1 Å². The van der Waals surface area contributed by atoms with E-state index < -0.39 is 23.0 Å². The lowest BCUT2D eigenvalue weighted by molar-refractivity contribution is -0.384. The number of urea groups is 1. The van der Waals surface area contributed by atoms with Crippen LogP contribution in [0.1, 0.15) is 13.8 Å². The maximum atomic E-state index is 12.1. The molecule has 1 aliphatic rings. The van der Waals surface area contributed by atoms with Crippen LogP contribution in [-0.4, -0.2) is 36.2 Å². The molecular weight excluding hydrogens is 318 g/mol. The summed E-state index contributed by atoms with van der Waals surface area (Å²) in [5, 5.41) is 15.7. The standard InChI is InChI=1S/C15H17N3O6/c1-3-23-14(19)13-9(2)16-15(20)17-12(13)8-24-11-6-4-10(5-7-11)18(21)22/h4-7,9H,3,8H2,1-2H3,(H2,16,17,20)/t9-/m0/s1. The molecule has 1 aliphatic heterocycles. The van der Waals surface area contributed by atoms with Crippen LogP contribution >= 0.6 is 0 Å². The summed E-state index contributed by atoms with van der Waals surface area (Å²) in [5.74, 6) is -0.170. The largest absolute Gasteiger partial charge is 0.487 e. The van der Waals surface area contributed by atoms with Crippen LogP contribution in [0.3, 0.4) is 0 Å². The number of ether oxygens (including phenoxy) is 2. The second-order valence-corrected chi connectivity index (χ2v) is 4.97. The van der Waals surface area contributed by atoms with Gasteiger partial charge in [0.1, 0.15) is 12.4 Å². The fourth-order valence-electron chi connectivity index (χ4n) is 2.21. The number of nitrogens with zero attached hydrogens (tertiary/aromatic N) is 1. The van der Waals surface area contributed by atoms with Crippen molar-refractivity contribution in [3.05, 3.63) is 45.6 Å². The Labute approximate surface area is 137 Å². The Kier molecular flexibility index (Phi) is 5.35. The van der Waals surface area contributed by atoms with Gasteiger partial charge in [-0.3, -0.25) is 10.1 Å². The number of non-ortho nitro benzene ring substituents is 1. The number of carbonyl (C=O) groups excluding carboxylic acids is 2. The van der Waals surface area contributed by atoms with Crippen LogP contribution in [-0.2, 0) is 9.53 Å². The Morgan fingerprint density at radius 2 is 2.00 bits per heavy atom. The van der Waals surface area contributed by atoms with E-state index in [2.05, 4.69) is 10.6 Å². The highest BCUT2D eigenvalue weighted by atomic mass is 16.6. The highest BCUT2D eigenvalue weighted by Crippen LogP contribution is 2.19. The van der Waals surface area contributed by atoms with Crippen LogP contribution in [0.5, 0.6) is 5.75 Å². The predicted molar refractivity (Wildman–Crippen MR) is 83.4 cm³/mol. The third-order valence-corrected chi connectivity index (χ3v) is 3.30. The first kappa shape index (κ1) is 17.3. The van der Waals surface area contributed by atoms with Crippen molar-refractivity contribution in [3.8, 4) is 5.75 Å². The third-order valence-electron chi connectivity index (χ3n) is 3.30. The van der Waals surface area contributed by atoms with Crippen LogP contribution in [0, 0.1) is 10.1 Å². The number of rotatable bonds is 6. The molecule has 24 heavy (non-hydrogen) atoms. The van der Waals surface area contributed by atoms with E-state index in [0.29, 0.717) is 11.4 Å². The molecule has 0 radical (unpaired) electrons. The normalized spacial score (nSPS) is 16.9. The number of nitro benzene ring substituents is 1. The van der Waals surface area contributed by atoms with E-state index >= 15 is 0 Å². The van der Waals surface area contributed by atoms with Crippen LogP contribution in [0.2, 0.25) is 0 Å². The molecule has 0 spiro atoms. The molecule has 1 atom stereocenters. The van der Waals surface area contributed by atoms with Gasteiger partial charge in [0.05, 0.1) is 28.8 Å². The highest BCUT2D eigenvalue weighted by molar-refractivity contribution is 5.94. The molecule has 1 heterocycles. The first-order chi connectivity index (χ1) is 11.4. The summed E-state index contributed by atoms with van der Waals surface area (Å²) in [7, 11) is 0. The molecule has 2 amide bonds. The Morgan fingerprint density at radius 1 is 1.33 bits per heavy atom. The minimum absolute atomic E-state index is 0.0578. The zero-order valence-electron chi connectivity index (χ0n) is 13.2. The molecule has 0 aliphatic carbocycles. The Hall–Kier alpha value is -3.10. The maximum Gasteiger partial charge on any atom is 0.338 e. The van der Waals surface area contributed by atoms with Gasteiger partial charge in [-0.1, -0.05) is 0 Å². The summed E-state index contributed by atoms with van der Waals surface area (Å²) < 4.78 is 10.5. The van der Waals surface area contributed by atoms with E-state index in [-0.39, 0.29) is 24.5 Å². The fourth-order valence-corrected chi connectivity index (χ4v) is 2.21. The summed E-state index contributed by atoms with van der Waals surface area (Å²) in [4.78, 5) is 33.8. The van der Waals surface area contributed by atoms with Crippen LogP contribution in [0.25, 0.3) is 0 Å². The van der Waals surface area contributed by atoms with E-state index in [0.717, 1.165) is 0 Å². The van der Waals surface area contributed by atoms with Crippen LogP contribution in [0.4, 0.5) is 10.5 Å². The Morgan fingerprint density at radius 3 is 2.58 bits per heavy atom. The number of carbonyl (C=O) groups is 2. The molecule has 2 rings (SSSR count). The van der Waals surface area contributed by atoms with Gasteiger partial charge in [-0.05, 0) is 26.0 Å². The van der Waals surface area contributed by atoms with Gasteiger partial charge in [0.15, 0.2) is 0 Å². The SMILES string of the molecule is CCOC(=O)C1=C(COc2ccc([N+](=O)[O-])cc2)NC(=O)N[C@H]1C. The van der Waals surface area contributed by atoms with Crippen molar-refractivity contribution in [1.29, 1.82) is 0 Å². The average molecular weight is 335 g/mol. The lowest BCUT2D eigenvalue weighted by atomic mass is 10.0. The molecule has 0 aromatic heterocycles. The van der Waals surface area contributed by atoms with Gasteiger partial charge in [-0.25, -0.2) is 9.59 Å². The molecule has 1 aromatic rings. The summed E-state index contributed by atoms with van der Waals surface area (Å²) in [6.45, 7) is 3.48. The number of nitro groups is 1. The summed E-state index contributed by atoms with van der Waals surface area (Å²) in [6, 6.07) is 4.52. The molecule has 0 fully saturated rings. The van der Waals surface area contributed by atoms with E-state index in [1.54, 1.807) is 13.8 Å². The van der Waals surface area contributed by atoms with Gasteiger partial charge in [0.25, 0.3) is 5.69 Å². The maximum absolute atomic E-state index is 12.1. The molecule has 0 saturated carbocycles. The van der Waals surface area contributed by atoms with E-state index in [4.69, 9.17) is 9.47 Å². The number of benzene rings is 1. The lowest BCUT2D eigenvalue weighted by Gasteiger charge is -2.26. The van der Waals surface area contributed by atoms with E-state index in [9.17, 15) is 19.7 Å². The highest BCUT2D eigenvalue weighted by Gasteiger charge is 2.29. The summed E-state index contributed by atoms with van der Waals surface area (Å²) >= 11 is 0. The van der Waals surface area contributed by atoms with Crippen LogP contribution < -0.4 is 15.4 Å². The molecular formula is C15H17N3O6. The number of nitrogens with one attached hydrogen (secondary N) is 2. The molecule has 0 bridgehead atoms. The number of hydrogen-bond donors (Lipinski definition) is 2. The lowest BCUT2D eigenvalue weighted by Crippen LogP contribution is -2.50. The van der Waals surface area contributed by atoms with Crippen LogP contribution in [0.15, 0.2) is 35.5 Å². The molecule has 0 unspecified atom stereocenters. The van der Waals surface area contributed by atoms with Crippen molar-refractivity contribution >= 4 is 17.7 Å². The average Bonchev–Trinajstić information content (AvgIpc) is 2.52. The Balaban J connectivity index is 2.16. The third kappa shape index (κ3) is 4.00. The molecule has 9 heteroatoms. The number of amides is 2. The van der Waals surface area contributed by atoms with Crippen molar-refractivity contribution in [3.63, 3.8) is 0 Å². The number of hydrogen-bond acceptors (Lipinski definition) is 6. The van der Waals surface area contributed by atoms with E-state index in [1.165, 1.54) is 24.3 Å². The van der Waals surface area contributed by atoms with Gasteiger partial charge in [0.2, 0.25) is 0 Å². The zero-order chi connectivity index (χ0) is 17.7. The topological polar surface area (TPSA) is 120 Å². The molecule has 1 aromatic carbocycles. The number of esters is 1. The smallest absolute Gasteiger partial charge is 0.338 e. The monoisotopic (exact) mass is 335 g/mol. The molecule has 128 valence electrons. The van der Waals surface area contributed by atoms with Gasteiger partial charge >= 0.3 is 12.0 Å². The van der Waals surface area contributed by atoms with Gasteiger partial charge < -0.3 is 20.1 Å². The van der Waals surface area contributed by atoms with Crippen molar-refractivity contribution in [2.45, 2.75) is 19.9 Å². The van der Waals surface area contributed by atoms with Crippen molar-refractivity contribution in [2.24, 2.45) is 0 Å². The summed E-state index contributed by atoms with van der Waals surface area (Å²) in [5.41, 5.74) is 0.513. The molecule has 9 nitrogen and oxygen atoms in total. The minimum atomic E-state index is -0.542.